The highest BCUT2D eigenvalue weighted by Gasteiger charge is 2.29. The average Bonchev–Trinajstić information content (AvgIpc) is 3.08. The van der Waals surface area contributed by atoms with Crippen LogP contribution >= 0.6 is 11.6 Å². The second-order valence-corrected chi connectivity index (χ2v) is 6.36. The van der Waals surface area contributed by atoms with Crippen molar-refractivity contribution in [1.29, 1.82) is 0 Å². The monoisotopic (exact) mass is 296 g/mol. The van der Waals surface area contributed by atoms with Crippen LogP contribution in [0.2, 0.25) is 0 Å². The largest absolute Gasteiger partial charge is 0.381 e. The van der Waals surface area contributed by atoms with E-state index >= 15 is 0 Å². The number of hydrogen-bond donors (Lipinski definition) is 0. The summed E-state index contributed by atoms with van der Waals surface area (Å²) < 4.78 is 9.70. The topological polar surface area (TPSA) is 44.9 Å². The Morgan fingerprint density at radius 1 is 1.40 bits per heavy atom. The quantitative estimate of drug-likeness (QED) is 0.818. The molecule has 20 heavy (non-hydrogen) atoms. The Kier molecular flexibility index (Phi) is 3.50. The Morgan fingerprint density at radius 2 is 2.15 bits per heavy atom. The van der Waals surface area contributed by atoms with E-state index in [1.807, 2.05) is 25.6 Å². The Labute approximate surface area is 123 Å². The highest BCUT2D eigenvalue weighted by Crippen LogP contribution is 2.34. The number of rotatable bonds is 3. The van der Waals surface area contributed by atoms with E-state index < -0.39 is 0 Å². The first-order chi connectivity index (χ1) is 9.50. The summed E-state index contributed by atoms with van der Waals surface area (Å²) in [7, 11) is 1.97. The zero-order valence-electron chi connectivity index (χ0n) is 12.4. The van der Waals surface area contributed by atoms with Crippen LogP contribution in [0.5, 0.6) is 0 Å². The van der Waals surface area contributed by atoms with Crippen LogP contribution < -0.4 is 0 Å². The summed E-state index contributed by atoms with van der Waals surface area (Å²) in [4.78, 5) is 4.73. The van der Waals surface area contributed by atoms with Crippen LogP contribution in [0, 0.1) is 12.8 Å². The van der Waals surface area contributed by atoms with Gasteiger partial charge in [0.15, 0.2) is 5.65 Å². The first-order valence-electron chi connectivity index (χ1n) is 7.14. The maximum atomic E-state index is 6.35. The second kappa shape index (κ2) is 5.04. The van der Waals surface area contributed by atoms with Crippen LogP contribution in [0.25, 0.3) is 11.2 Å². The van der Waals surface area contributed by atoms with Gasteiger partial charge in [0.25, 0.3) is 0 Å². The van der Waals surface area contributed by atoms with Crippen LogP contribution in [0.15, 0.2) is 0 Å². The van der Waals surface area contributed by atoms with Crippen molar-refractivity contribution in [2.24, 2.45) is 13.0 Å². The summed E-state index contributed by atoms with van der Waals surface area (Å²) in [5.74, 6) is 1.44. The molecule has 1 fully saturated rings. The third-order valence-electron chi connectivity index (χ3n) is 4.27. The molecule has 0 aromatic carbocycles. The molecule has 3 rings (SSSR count). The van der Waals surface area contributed by atoms with Crippen LogP contribution in [-0.2, 0) is 11.8 Å². The van der Waals surface area contributed by atoms with E-state index in [0.29, 0.717) is 12.0 Å². The molecular formula is C14H21ClN4O. The lowest BCUT2D eigenvalue weighted by Gasteiger charge is -2.23. The van der Waals surface area contributed by atoms with Gasteiger partial charge in [-0.15, -0.1) is 11.6 Å². The van der Waals surface area contributed by atoms with Gasteiger partial charge in [-0.05, 0) is 27.2 Å². The molecule has 0 bridgehead atoms. The molecule has 0 saturated carbocycles. The van der Waals surface area contributed by atoms with Crippen molar-refractivity contribution in [3.63, 3.8) is 0 Å². The number of imidazole rings is 1. The van der Waals surface area contributed by atoms with Crippen molar-refractivity contribution >= 4 is 22.8 Å². The molecule has 0 amide bonds. The molecule has 1 aliphatic rings. The number of aromatic nitrogens is 4. The van der Waals surface area contributed by atoms with E-state index in [2.05, 4.69) is 16.6 Å². The Morgan fingerprint density at radius 3 is 2.75 bits per heavy atom. The van der Waals surface area contributed by atoms with Gasteiger partial charge in [-0.25, -0.2) is 4.98 Å². The number of aryl methyl sites for hydroxylation is 2. The molecule has 2 aromatic heterocycles. The Balaban J connectivity index is 2.17. The number of fused-ring (bicyclic) bond motifs is 1. The van der Waals surface area contributed by atoms with E-state index in [9.17, 15) is 0 Å². The average molecular weight is 297 g/mol. The summed E-state index contributed by atoms with van der Waals surface area (Å²) in [6, 6.07) is 0.313. The fourth-order valence-corrected chi connectivity index (χ4v) is 3.29. The van der Waals surface area contributed by atoms with E-state index in [1.165, 1.54) is 0 Å². The van der Waals surface area contributed by atoms with Crippen molar-refractivity contribution in [2.75, 3.05) is 13.2 Å². The fraction of sp³-hybridized carbons (Fsp3) is 0.714. The lowest BCUT2D eigenvalue weighted by molar-refractivity contribution is 0.175. The van der Waals surface area contributed by atoms with Gasteiger partial charge in [0.05, 0.1) is 17.7 Å². The van der Waals surface area contributed by atoms with E-state index in [0.717, 1.165) is 42.3 Å². The summed E-state index contributed by atoms with van der Waals surface area (Å²) in [6.07, 6.45) is 1.09. The lowest BCUT2D eigenvalue weighted by Crippen LogP contribution is -2.20. The van der Waals surface area contributed by atoms with Gasteiger partial charge < -0.3 is 9.30 Å². The smallest absolute Gasteiger partial charge is 0.158 e. The number of alkyl halides is 1. The van der Waals surface area contributed by atoms with Crippen LogP contribution in [0.1, 0.15) is 43.2 Å². The summed E-state index contributed by atoms with van der Waals surface area (Å²) in [5.41, 5.74) is 2.97. The SMILES string of the molecule is Cc1nn(C)c2c1nc(C(C)Cl)n2C(C)C1CCOC1. The summed E-state index contributed by atoms with van der Waals surface area (Å²) in [6.45, 7) is 7.86. The maximum absolute atomic E-state index is 6.35. The molecule has 110 valence electrons. The zero-order chi connectivity index (χ0) is 14.4. The van der Waals surface area contributed by atoms with Crippen molar-refractivity contribution in [1.82, 2.24) is 19.3 Å². The van der Waals surface area contributed by atoms with Gasteiger partial charge in [0.2, 0.25) is 0 Å². The third kappa shape index (κ3) is 2.04. The normalized spacial score (nSPS) is 22.6. The van der Waals surface area contributed by atoms with Gasteiger partial charge >= 0.3 is 0 Å². The third-order valence-corrected chi connectivity index (χ3v) is 4.47. The number of hydrogen-bond acceptors (Lipinski definition) is 3. The first-order valence-corrected chi connectivity index (χ1v) is 7.57. The molecule has 1 saturated heterocycles. The molecular weight excluding hydrogens is 276 g/mol. The molecule has 6 heteroatoms. The number of ether oxygens (including phenoxy) is 1. The summed E-state index contributed by atoms with van der Waals surface area (Å²) in [5, 5.41) is 4.36. The van der Waals surface area contributed by atoms with Crippen LogP contribution in [0.3, 0.4) is 0 Å². The molecule has 0 spiro atoms. The maximum Gasteiger partial charge on any atom is 0.158 e. The molecule has 2 aromatic rings. The molecule has 0 N–H and O–H groups in total. The minimum Gasteiger partial charge on any atom is -0.381 e. The van der Waals surface area contributed by atoms with Gasteiger partial charge in [-0.3, -0.25) is 4.68 Å². The van der Waals surface area contributed by atoms with Crippen molar-refractivity contribution < 1.29 is 4.74 Å². The molecule has 3 atom stereocenters. The zero-order valence-corrected chi connectivity index (χ0v) is 13.2. The highest BCUT2D eigenvalue weighted by atomic mass is 35.5. The minimum atomic E-state index is -0.119. The molecule has 5 nitrogen and oxygen atoms in total. The molecule has 3 heterocycles. The number of nitrogens with zero attached hydrogens (tertiary/aromatic N) is 4. The second-order valence-electron chi connectivity index (χ2n) is 5.70. The highest BCUT2D eigenvalue weighted by molar-refractivity contribution is 6.20. The van der Waals surface area contributed by atoms with Gasteiger partial charge in [0, 0.05) is 25.6 Å². The van der Waals surface area contributed by atoms with Gasteiger partial charge in [-0.2, -0.15) is 5.10 Å². The van der Waals surface area contributed by atoms with E-state index in [4.69, 9.17) is 21.3 Å². The fourth-order valence-electron chi connectivity index (χ4n) is 3.14. The Bertz CT molecular complexity index is 625. The predicted octanol–water partition coefficient (Wildman–Crippen LogP) is 2.98. The molecule has 0 aliphatic carbocycles. The predicted molar refractivity (Wildman–Crippen MR) is 79.1 cm³/mol. The van der Waals surface area contributed by atoms with Crippen LogP contribution in [-0.4, -0.2) is 32.5 Å². The molecule has 1 aliphatic heterocycles. The standard InChI is InChI=1S/C14H21ClN4O/c1-8(15)13-16-12-9(2)17-18(4)14(12)19(13)10(3)11-5-6-20-7-11/h8,10-11H,5-7H2,1-4H3. The number of halogens is 1. The summed E-state index contributed by atoms with van der Waals surface area (Å²) >= 11 is 6.35. The van der Waals surface area contributed by atoms with Crippen molar-refractivity contribution in [3.8, 4) is 0 Å². The molecule has 0 radical (unpaired) electrons. The van der Waals surface area contributed by atoms with E-state index in [-0.39, 0.29) is 5.38 Å². The Hall–Kier alpha value is -1.07. The van der Waals surface area contributed by atoms with Crippen molar-refractivity contribution in [3.05, 3.63) is 11.5 Å². The van der Waals surface area contributed by atoms with Gasteiger partial charge in [-0.1, -0.05) is 0 Å². The van der Waals surface area contributed by atoms with E-state index in [1.54, 1.807) is 0 Å². The first kappa shape index (κ1) is 13.9. The van der Waals surface area contributed by atoms with Crippen molar-refractivity contribution in [2.45, 2.75) is 38.6 Å². The minimum absolute atomic E-state index is 0.119. The van der Waals surface area contributed by atoms with Crippen LogP contribution in [0.4, 0.5) is 0 Å². The molecule has 3 unspecified atom stereocenters. The van der Waals surface area contributed by atoms with Gasteiger partial charge in [0.1, 0.15) is 11.3 Å². The lowest BCUT2D eigenvalue weighted by atomic mass is 10.0.